The van der Waals surface area contributed by atoms with Gasteiger partial charge in [0, 0.05) is 35.4 Å². The van der Waals surface area contributed by atoms with Gasteiger partial charge in [0.2, 0.25) is 0 Å². The SMILES string of the molecule is CCSc1cccc(N(CC)Cc2ccccn2)c1CN. The van der Waals surface area contributed by atoms with Crippen molar-refractivity contribution in [3.05, 3.63) is 53.9 Å². The standard InChI is InChI=1S/C17H23N3S/c1-3-20(13-14-8-5-6-11-19-14)16-9-7-10-17(21-4-2)15(16)12-18/h5-11H,3-4,12-13,18H2,1-2H3. The topological polar surface area (TPSA) is 42.2 Å². The summed E-state index contributed by atoms with van der Waals surface area (Å²) in [4.78, 5) is 8.05. The normalized spacial score (nSPS) is 10.6. The molecule has 2 aromatic rings. The van der Waals surface area contributed by atoms with Crippen molar-refractivity contribution in [1.82, 2.24) is 4.98 Å². The fourth-order valence-electron chi connectivity index (χ4n) is 2.40. The van der Waals surface area contributed by atoms with Gasteiger partial charge in [-0.25, -0.2) is 0 Å². The molecule has 4 heteroatoms. The zero-order valence-electron chi connectivity index (χ0n) is 12.7. The maximum atomic E-state index is 6.01. The van der Waals surface area contributed by atoms with E-state index in [4.69, 9.17) is 5.73 Å². The van der Waals surface area contributed by atoms with E-state index in [1.54, 1.807) is 0 Å². The Balaban J connectivity index is 2.31. The van der Waals surface area contributed by atoms with Crippen LogP contribution in [0.25, 0.3) is 0 Å². The number of anilines is 1. The van der Waals surface area contributed by atoms with Crippen molar-refractivity contribution in [3.8, 4) is 0 Å². The second-order valence-corrected chi connectivity index (χ2v) is 6.03. The van der Waals surface area contributed by atoms with Crippen molar-refractivity contribution in [2.45, 2.75) is 31.8 Å². The molecule has 112 valence electrons. The number of rotatable bonds is 7. The highest BCUT2D eigenvalue weighted by Gasteiger charge is 2.13. The van der Waals surface area contributed by atoms with Crippen LogP contribution in [0.4, 0.5) is 5.69 Å². The van der Waals surface area contributed by atoms with Gasteiger partial charge in [-0.2, -0.15) is 0 Å². The molecule has 0 bridgehead atoms. The van der Waals surface area contributed by atoms with Crippen LogP contribution in [0, 0.1) is 0 Å². The van der Waals surface area contributed by atoms with Gasteiger partial charge in [0.25, 0.3) is 0 Å². The van der Waals surface area contributed by atoms with E-state index in [1.165, 1.54) is 16.1 Å². The fourth-order valence-corrected chi connectivity index (χ4v) is 3.25. The van der Waals surface area contributed by atoms with Crippen LogP contribution >= 0.6 is 11.8 Å². The van der Waals surface area contributed by atoms with E-state index in [-0.39, 0.29) is 0 Å². The highest BCUT2D eigenvalue weighted by molar-refractivity contribution is 7.99. The molecule has 3 nitrogen and oxygen atoms in total. The quantitative estimate of drug-likeness (QED) is 0.792. The van der Waals surface area contributed by atoms with Crippen LogP contribution in [0.3, 0.4) is 0 Å². The average molecular weight is 301 g/mol. The third kappa shape index (κ3) is 3.99. The van der Waals surface area contributed by atoms with Gasteiger partial charge in [-0.3, -0.25) is 4.98 Å². The number of aromatic nitrogens is 1. The molecule has 2 N–H and O–H groups in total. The van der Waals surface area contributed by atoms with Gasteiger partial charge in [0.1, 0.15) is 0 Å². The second kappa shape index (κ2) is 8.05. The molecule has 0 amide bonds. The van der Waals surface area contributed by atoms with E-state index in [0.29, 0.717) is 6.54 Å². The van der Waals surface area contributed by atoms with E-state index in [0.717, 1.165) is 24.5 Å². The van der Waals surface area contributed by atoms with Gasteiger partial charge in [-0.05, 0) is 36.9 Å². The van der Waals surface area contributed by atoms with Crippen LogP contribution in [0.15, 0.2) is 47.5 Å². The molecule has 0 aliphatic carbocycles. The van der Waals surface area contributed by atoms with Crippen molar-refractivity contribution >= 4 is 17.4 Å². The Labute approximate surface area is 131 Å². The highest BCUT2D eigenvalue weighted by Crippen LogP contribution is 2.31. The van der Waals surface area contributed by atoms with E-state index in [9.17, 15) is 0 Å². The zero-order valence-corrected chi connectivity index (χ0v) is 13.6. The summed E-state index contributed by atoms with van der Waals surface area (Å²) in [5, 5.41) is 0. The van der Waals surface area contributed by atoms with Gasteiger partial charge in [-0.15, -0.1) is 11.8 Å². The molecule has 0 aliphatic heterocycles. The van der Waals surface area contributed by atoms with Crippen LogP contribution in [-0.4, -0.2) is 17.3 Å². The fraction of sp³-hybridized carbons (Fsp3) is 0.353. The molecule has 0 aliphatic rings. The first kappa shape index (κ1) is 15.9. The summed E-state index contributed by atoms with van der Waals surface area (Å²) in [5.74, 6) is 1.06. The van der Waals surface area contributed by atoms with Crippen LogP contribution in [0.2, 0.25) is 0 Å². The predicted octanol–water partition coefficient (Wildman–Crippen LogP) is 3.68. The molecular weight excluding hydrogens is 278 g/mol. The van der Waals surface area contributed by atoms with Crippen molar-refractivity contribution < 1.29 is 0 Å². The molecule has 21 heavy (non-hydrogen) atoms. The lowest BCUT2D eigenvalue weighted by molar-refractivity contribution is 0.797. The summed E-state index contributed by atoms with van der Waals surface area (Å²) in [6.45, 7) is 6.65. The number of nitrogens with two attached hydrogens (primary N) is 1. The molecule has 0 saturated heterocycles. The first-order valence-electron chi connectivity index (χ1n) is 7.39. The Bertz CT molecular complexity index is 557. The molecule has 0 saturated carbocycles. The first-order valence-corrected chi connectivity index (χ1v) is 8.38. The van der Waals surface area contributed by atoms with Gasteiger partial charge in [0.15, 0.2) is 0 Å². The largest absolute Gasteiger partial charge is 0.366 e. The summed E-state index contributed by atoms with van der Waals surface area (Å²) >= 11 is 1.85. The molecule has 0 radical (unpaired) electrons. The van der Waals surface area contributed by atoms with Gasteiger partial charge in [-0.1, -0.05) is 19.1 Å². The Morgan fingerprint density at radius 2 is 2.00 bits per heavy atom. The molecule has 2 rings (SSSR count). The maximum Gasteiger partial charge on any atom is 0.0602 e. The summed E-state index contributed by atoms with van der Waals surface area (Å²) in [6.07, 6.45) is 1.84. The summed E-state index contributed by atoms with van der Waals surface area (Å²) in [6, 6.07) is 12.5. The number of nitrogens with zero attached hydrogens (tertiary/aromatic N) is 2. The minimum atomic E-state index is 0.567. The summed E-state index contributed by atoms with van der Waals surface area (Å²) < 4.78 is 0. The lowest BCUT2D eigenvalue weighted by Crippen LogP contribution is -2.24. The van der Waals surface area contributed by atoms with Crippen molar-refractivity contribution in [2.24, 2.45) is 5.73 Å². The Morgan fingerprint density at radius 3 is 2.62 bits per heavy atom. The van der Waals surface area contributed by atoms with Crippen molar-refractivity contribution in [2.75, 3.05) is 17.2 Å². The smallest absolute Gasteiger partial charge is 0.0602 e. The number of thioether (sulfide) groups is 1. The number of pyridine rings is 1. The Kier molecular flexibility index (Phi) is 6.08. The third-order valence-electron chi connectivity index (χ3n) is 3.41. The molecule has 1 aromatic heterocycles. The van der Waals surface area contributed by atoms with Crippen LogP contribution in [0.5, 0.6) is 0 Å². The minimum Gasteiger partial charge on any atom is -0.366 e. The summed E-state index contributed by atoms with van der Waals surface area (Å²) in [7, 11) is 0. The number of hydrogen-bond donors (Lipinski definition) is 1. The molecule has 1 aromatic carbocycles. The Hall–Kier alpha value is -1.52. The first-order chi connectivity index (χ1) is 10.3. The molecule has 0 spiro atoms. The second-order valence-electron chi connectivity index (χ2n) is 4.73. The number of hydrogen-bond acceptors (Lipinski definition) is 4. The van der Waals surface area contributed by atoms with Crippen LogP contribution in [-0.2, 0) is 13.1 Å². The summed E-state index contributed by atoms with van der Waals surface area (Å²) in [5.41, 5.74) is 9.56. The van der Waals surface area contributed by atoms with E-state index in [2.05, 4.69) is 48.0 Å². The van der Waals surface area contributed by atoms with Gasteiger partial charge >= 0.3 is 0 Å². The third-order valence-corrected chi connectivity index (χ3v) is 4.40. The monoisotopic (exact) mass is 301 g/mol. The lowest BCUT2D eigenvalue weighted by atomic mass is 10.1. The molecule has 0 fully saturated rings. The van der Waals surface area contributed by atoms with Crippen LogP contribution in [0.1, 0.15) is 25.1 Å². The lowest BCUT2D eigenvalue weighted by Gasteiger charge is -2.26. The molecular formula is C17H23N3S. The van der Waals surface area contributed by atoms with Crippen molar-refractivity contribution in [1.29, 1.82) is 0 Å². The average Bonchev–Trinajstić information content (AvgIpc) is 2.54. The molecule has 0 atom stereocenters. The van der Waals surface area contributed by atoms with Crippen LogP contribution < -0.4 is 10.6 Å². The molecule has 1 heterocycles. The van der Waals surface area contributed by atoms with E-state index in [1.807, 2.05) is 30.1 Å². The van der Waals surface area contributed by atoms with Gasteiger partial charge < -0.3 is 10.6 Å². The van der Waals surface area contributed by atoms with E-state index < -0.39 is 0 Å². The maximum absolute atomic E-state index is 6.01. The van der Waals surface area contributed by atoms with E-state index >= 15 is 0 Å². The number of benzene rings is 1. The molecule has 0 unspecified atom stereocenters. The zero-order chi connectivity index (χ0) is 15.1. The minimum absolute atomic E-state index is 0.567. The van der Waals surface area contributed by atoms with Gasteiger partial charge in [0.05, 0.1) is 12.2 Å². The van der Waals surface area contributed by atoms with Crippen molar-refractivity contribution in [3.63, 3.8) is 0 Å². The highest BCUT2D eigenvalue weighted by atomic mass is 32.2. The Morgan fingerprint density at radius 1 is 1.14 bits per heavy atom. The predicted molar refractivity (Wildman–Crippen MR) is 91.7 cm³/mol.